The number of hydrogen-bond acceptors (Lipinski definition) is 13. The Bertz CT molecular complexity index is 2220. The van der Waals surface area contributed by atoms with Crippen molar-refractivity contribution >= 4 is 52.0 Å². The molecule has 4 aromatic carbocycles. The average Bonchev–Trinajstić information content (AvgIpc) is 3.63. The lowest BCUT2D eigenvalue weighted by atomic mass is 9.87. The van der Waals surface area contributed by atoms with Crippen LogP contribution in [0.25, 0.3) is 16.6 Å². The number of cyclic esters (lactones) is 1. The molecule has 9 rings (SSSR count). The standard InChI is InChI=1S/C29H25N3O6S.C10H11NO2/c1-32-9-12-37-24-7-3-17(14-23(24)32)13-20-27(18-4-6-21-22(15-18)31-39-30-21)28(33)38-29(20,34)19-5-8-25-26(16-19)36-11-2-10-35-25;1-11-4-5-13-10-3-2-8(7-12)6-9(10)11/h3-8,14-16,34H,2,9-13H2,1H3;2-3,6-7H,4-5H2,1H3. The van der Waals surface area contributed by atoms with Gasteiger partial charge in [-0.3, -0.25) is 4.79 Å². The zero-order valence-corrected chi connectivity index (χ0v) is 29.5. The van der Waals surface area contributed by atoms with Crippen LogP contribution in [0, 0.1) is 0 Å². The molecule has 0 saturated carbocycles. The molecule has 4 aliphatic heterocycles. The Morgan fingerprint density at radius 3 is 2.21 bits per heavy atom. The maximum absolute atomic E-state index is 13.5. The second-order valence-corrected chi connectivity index (χ2v) is 13.5. The molecule has 5 aromatic rings. The molecule has 0 bridgehead atoms. The minimum Gasteiger partial charge on any atom is -0.490 e. The first-order valence-corrected chi connectivity index (χ1v) is 17.8. The van der Waals surface area contributed by atoms with Crippen molar-refractivity contribution in [2.45, 2.75) is 18.6 Å². The average molecular weight is 721 g/mol. The Morgan fingerprint density at radius 1 is 0.769 bits per heavy atom. The van der Waals surface area contributed by atoms with Gasteiger partial charge in [-0.05, 0) is 71.8 Å². The molecule has 0 spiro atoms. The third kappa shape index (κ3) is 6.26. The van der Waals surface area contributed by atoms with Crippen LogP contribution in [0.3, 0.4) is 0 Å². The summed E-state index contributed by atoms with van der Waals surface area (Å²) in [5.74, 6) is 0.143. The Balaban J connectivity index is 0.000000250. The van der Waals surface area contributed by atoms with Crippen molar-refractivity contribution in [1.82, 2.24) is 8.75 Å². The molecule has 1 atom stereocenters. The molecular formula is C39H36N4O8S. The second-order valence-electron chi connectivity index (χ2n) is 12.9. The number of aliphatic hydroxyl groups is 1. The van der Waals surface area contributed by atoms with Gasteiger partial charge in [0.2, 0.25) is 0 Å². The summed E-state index contributed by atoms with van der Waals surface area (Å²) < 4.78 is 37.3. The predicted molar refractivity (Wildman–Crippen MR) is 196 cm³/mol. The zero-order chi connectivity index (χ0) is 35.8. The van der Waals surface area contributed by atoms with Gasteiger partial charge in [-0.25, -0.2) is 4.79 Å². The van der Waals surface area contributed by atoms with Crippen LogP contribution in [-0.4, -0.2) is 79.7 Å². The van der Waals surface area contributed by atoms with Crippen molar-refractivity contribution in [3.05, 3.63) is 101 Å². The quantitative estimate of drug-likeness (QED) is 0.184. The molecule has 0 fully saturated rings. The summed E-state index contributed by atoms with van der Waals surface area (Å²) in [6.45, 7) is 4.02. The molecule has 0 radical (unpaired) electrons. The molecule has 12 nitrogen and oxygen atoms in total. The molecule has 1 unspecified atom stereocenters. The summed E-state index contributed by atoms with van der Waals surface area (Å²) in [5.41, 5.74) is 6.71. The summed E-state index contributed by atoms with van der Waals surface area (Å²) >= 11 is 1.11. The van der Waals surface area contributed by atoms with Gasteiger partial charge in [0.05, 0.1) is 55.0 Å². The van der Waals surface area contributed by atoms with Gasteiger partial charge in [0.25, 0.3) is 5.79 Å². The molecule has 1 aromatic heterocycles. The first-order chi connectivity index (χ1) is 25.3. The van der Waals surface area contributed by atoms with Crippen LogP contribution in [0.2, 0.25) is 0 Å². The van der Waals surface area contributed by atoms with Crippen LogP contribution in [0.15, 0.2) is 78.4 Å². The first kappa shape index (κ1) is 33.5. The normalized spacial score (nSPS) is 19.0. The number of carbonyl (C=O) groups is 2. The molecule has 0 aliphatic carbocycles. The number of hydrogen-bond donors (Lipinski definition) is 1. The smallest absolute Gasteiger partial charge is 0.342 e. The van der Waals surface area contributed by atoms with Gasteiger partial charge in [0.1, 0.15) is 42.0 Å². The highest BCUT2D eigenvalue weighted by Crippen LogP contribution is 2.47. The topological polar surface area (TPSA) is 133 Å². The van der Waals surface area contributed by atoms with Crippen LogP contribution >= 0.6 is 11.7 Å². The number of rotatable bonds is 5. The van der Waals surface area contributed by atoms with E-state index in [0.29, 0.717) is 71.3 Å². The number of nitrogens with zero attached hydrogens (tertiary/aromatic N) is 4. The highest BCUT2D eigenvalue weighted by atomic mass is 32.1. The van der Waals surface area contributed by atoms with Crippen molar-refractivity contribution in [2.75, 3.05) is 63.4 Å². The van der Waals surface area contributed by atoms with E-state index in [1.54, 1.807) is 24.3 Å². The molecule has 13 heteroatoms. The van der Waals surface area contributed by atoms with E-state index < -0.39 is 11.8 Å². The summed E-state index contributed by atoms with van der Waals surface area (Å²) in [6, 6.07) is 22.0. The monoisotopic (exact) mass is 720 g/mol. The fraction of sp³-hybridized carbons (Fsp3) is 0.282. The highest BCUT2D eigenvalue weighted by molar-refractivity contribution is 7.00. The van der Waals surface area contributed by atoms with E-state index in [4.69, 9.17) is 23.7 Å². The lowest BCUT2D eigenvalue weighted by molar-refractivity contribution is -0.185. The maximum Gasteiger partial charge on any atom is 0.342 e. The van der Waals surface area contributed by atoms with E-state index in [9.17, 15) is 14.7 Å². The van der Waals surface area contributed by atoms with Crippen molar-refractivity contribution in [3.8, 4) is 23.0 Å². The van der Waals surface area contributed by atoms with Gasteiger partial charge >= 0.3 is 5.97 Å². The number of ether oxygens (including phenoxy) is 5. The largest absolute Gasteiger partial charge is 0.490 e. The number of aldehydes is 1. The van der Waals surface area contributed by atoms with E-state index in [0.717, 1.165) is 71.5 Å². The Kier molecular flexibility index (Phi) is 8.89. The number of likely N-dealkylation sites (N-methyl/N-ethyl adjacent to an activating group) is 2. The van der Waals surface area contributed by atoms with Crippen molar-refractivity contribution < 1.29 is 38.4 Å². The molecule has 0 amide bonds. The Morgan fingerprint density at radius 2 is 1.44 bits per heavy atom. The molecule has 266 valence electrons. The van der Waals surface area contributed by atoms with Crippen LogP contribution in [0.1, 0.15) is 33.5 Å². The zero-order valence-electron chi connectivity index (χ0n) is 28.7. The Hall–Kier alpha value is -5.66. The van der Waals surface area contributed by atoms with Gasteiger partial charge in [-0.15, -0.1) is 0 Å². The van der Waals surface area contributed by atoms with Crippen LogP contribution in [0.5, 0.6) is 23.0 Å². The third-order valence-electron chi connectivity index (χ3n) is 9.55. The number of aromatic nitrogens is 2. The number of carbonyl (C=O) groups excluding carboxylic acids is 2. The molecule has 0 saturated heterocycles. The van der Waals surface area contributed by atoms with E-state index >= 15 is 0 Å². The third-order valence-corrected chi connectivity index (χ3v) is 10.1. The van der Waals surface area contributed by atoms with Gasteiger partial charge < -0.3 is 38.6 Å². The lowest BCUT2D eigenvalue weighted by Crippen LogP contribution is -2.30. The van der Waals surface area contributed by atoms with E-state index in [1.165, 1.54) is 0 Å². The maximum atomic E-state index is 13.5. The van der Waals surface area contributed by atoms with Gasteiger partial charge in [-0.1, -0.05) is 12.1 Å². The molecular weight excluding hydrogens is 685 g/mol. The Labute approximate surface area is 304 Å². The predicted octanol–water partition coefficient (Wildman–Crippen LogP) is 5.41. The SMILES string of the molecule is CN1CCOc2ccc(C=O)cc21.CN1CCOc2ccc(CC3=C(c4ccc5nsnc5c4)C(=O)OC3(O)c3ccc4c(c3)OCCCO4)cc21. The summed E-state index contributed by atoms with van der Waals surface area (Å²) in [7, 11) is 4.01. The minimum atomic E-state index is -2.01. The van der Waals surface area contributed by atoms with Crippen molar-refractivity contribution in [3.63, 3.8) is 0 Å². The highest BCUT2D eigenvalue weighted by Gasteiger charge is 2.48. The van der Waals surface area contributed by atoms with Crippen LogP contribution in [0.4, 0.5) is 11.4 Å². The molecule has 1 N–H and O–H groups in total. The van der Waals surface area contributed by atoms with Crippen molar-refractivity contribution in [2.24, 2.45) is 0 Å². The number of anilines is 2. The number of esters is 1. The fourth-order valence-corrected chi connectivity index (χ4v) is 7.25. The summed E-state index contributed by atoms with van der Waals surface area (Å²) in [6.07, 6.45) is 1.87. The van der Waals surface area contributed by atoms with Gasteiger partial charge in [0, 0.05) is 43.6 Å². The van der Waals surface area contributed by atoms with E-state index in [1.807, 2.05) is 62.6 Å². The number of benzene rings is 4. The lowest BCUT2D eigenvalue weighted by Gasteiger charge is -2.29. The fourth-order valence-electron chi connectivity index (χ4n) is 6.74. The van der Waals surface area contributed by atoms with Gasteiger partial charge in [0.15, 0.2) is 11.5 Å². The van der Waals surface area contributed by atoms with E-state index in [-0.39, 0.29) is 6.42 Å². The van der Waals surface area contributed by atoms with Crippen LogP contribution < -0.4 is 28.7 Å². The van der Waals surface area contributed by atoms with E-state index in [2.05, 4.69) is 18.5 Å². The second kappa shape index (κ2) is 13.8. The molecule has 52 heavy (non-hydrogen) atoms. The van der Waals surface area contributed by atoms with Gasteiger partial charge in [-0.2, -0.15) is 8.75 Å². The first-order valence-electron chi connectivity index (χ1n) is 17.0. The van der Waals surface area contributed by atoms with Crippen LogP contribution in [-0.2, 0) is 21.7 Å². The molecule has 4 aliphatic rings. The van der Waals surface area contributed by atoms with Crippen molar-refractivity contribution in [1.29, 1.82) is 0 Å². The summed E-state index contributed by atoms with van der Waals surface area (Å²) in [5, 5.41) is 12.2. The summed E-state index contributed by atoms with van der Waals surface area (Å²) in [4.78, 5) is 28.3. The molecule has 5 heterocycles. The number of fused-ring (bicyclic) bond motifs is 4. The minimum absolute atomic E-state index is 0.264.